The van der Waals surface area contributed by atoms with Gasteiger partial charge in [-0.1, -0.05) is 49.6 Å². The molecule has 2 heterocycles. The lowest BCUT2D eigenvalue weighted by molar-refractivity contribution is -0.127. The number of hydrogen-bond acceptors (Lipinski definition) is 3. The number of nitrogens with one attached hydrogen (secondary N) is 2. The summed E-state index contributed by atoms with van der Waals surface area (Å²) in [5, 5.41) is 0. The van der Waals surface area contributed by atoms with Gasteiger partial charge in [-0.15, -0.1) is 0 Å². The highest BCUT2D eigenvalue weighted by molar-refractivity contribution is 5.84. The summed E-state index contributed by atoms with van der Waals surface area (Å²) in [6, 6.07) is 12.1. The molecule has 0 atom stereocenters. The summed E-state index contributed by atoms with van der Waals surface area (Å²) in [4.78, 5) is 13.8. The molecular weight excluding hydrogens is 391 g/mol. The molecule has 3 aromatic rings. The van der Waals surface area contributed by atoms with Crippen molar-refractivity contribution < 1.29 is 18.0 Å². The normalized spacial score (nSPS) is 18.6. The average Bonchev–Trinajstić information content (AvgIpc) is 3.31. The molecule has 0 saturated heterocycles. The number of halogens is 3. The van der Waals surface area contributed by atoms with Crippen LogP contribution in [0.5, 0.6) is 0 Å². The van der Waals surface area contributed by atoms with Crippen molar-refractivity contribution >= 4 is 16.7 Å². The monoisotopic (exact) mass is 413 g/mol. The van der Waals surface area contributed by atoms with E-state index in [-0.39, 0.29) is 11.2 Å². The Labute approximate surface area is 172 Å². The molecule has 0 bridgehead atoms. The van der Waals surface area contributed by atoms with E-state index in [1.807, 2.05) is 18.2 Å². The smallest absolute Gasteiger partial charge is 0.337 e. The van der Waals surface area contributed by atoms with Crippen LogP contribution < -0.4 is 5.48 Å². The van der Waals surface area contributed by atoms with E-state index >= 15 is 0 Å². The fourth-order valence-corrected chi connectivity index (χ4v) is 4.47. The molecule has 2 N–H and O–H groups in total. The van der Waals surface area contributed by atoms with Gasteiger partial charge in [0.2, 0.25) is 0 Å². The van der Waals surface area contributed by atoms with Crippen LogP contribution in [-0.2, 0) is 11.3 Å². The third-order valence-electron chi connectivity index (χ3n) is 5.93. The molecule has 1 saturated carbocycles. The maximum absolute atomic E-state index is 13.0. The highest BCUT2D eigenvalue weighted by Gasteiger charge is 2.37. The third-order valence-corrected chi connectivity index (χ3v) is 5.93. The van der Waals surface area contributed by atoms with E-state index in [4.69, 9.17) is 4.84 Å². The maximum atomic E-state index is 13.0. The first-order valence-corrected chi connectivity index (χ1v) is 10.2. The first-order valence-electron chi connectivity index (χ1n) is 10.2. The molecule has 4 nitrogen and oxygen atoms in total. The zero-order valence-electron chi connectivity index (χ0n) is 16.4. The lowest BCUT2D eigenvalue weighted by atomic mass is 9.84. The van der Waals surface area contributed by atoms with Crippen LogP contribution in [0, 0.1) is 0 Å². The summed E-state index contributed by atoms with van der Waals surface area (Å²) in [5.41, 5.74) is 6.68. The van der Waals surface area contributed by atoms with Crippen molar-refractivity contribution in [2.45, 2.75) is 50.3 Å². The van der Waals surface area contributed by atoms with Crippen LogP contribution in [0.25, 0.3) is 27.9 Å². The van der Waals surface area contributed by atoms with Crippen LogP contribution >= 0.6 is 0 Å². The van der Waals surface area contributed by atoms with Gasteiger partial charge in [0.25, 0.3) is 0 Å². The van der Waals surface area contributed by atoms with Gasteiger partial charge >= 0.3 is 6.18 Å². The number of alkyl halides is 3. The molecule has 1 aliphatic carbocycles. The van der Waals surface area contributed by atoms with Crippen LogP contribution in [0.1, 0.15) is 43.5 Å². The average molecular weight is 413 g/mol. The summed E-state index contributed by atoms with van der Waals surface area (Å²) in [6.07, 6.45) is 2.41. The lowest BCUT2D eigenvalue weighted by Gasteiger charge is -2.29. The number of aromatic nitrogens is 2. The van der Waals surface area contributed by atoms with Gasteiger partial charge in [-0.25, -0.2) is 4.98 Å². The van der Waals surface area contributed by atoms with Crippen molar-refractivity contribution in [2.75, 3.05) is 0 Å². The van der Waals surface area contributed by atoms with E-state index in [1.165, 1.54) is 12.5 Å². The first-order chi connectivity index (χ1) is 14.4. The summed E-state index contributed by atoms with van der Waals surface area (Å²) in [6.45, 7) is 0. The number of hydrogen-bond donors (Lipinski definition) is 2. The molecule has 156 valence electrons. The molecule has 1 aliphatic heterocycles. The Hall–Kier alpha value is -2.80. The maximum Gasteiger partial charge on any atom is 0.393 e. The Bertz CT molecular complexity index is 1110. The molecule has 7 heteroatoms. The van der Waals surface area contributed by atoms with Crippen molar-refractivity contribution in [1.29, 1.82) is 0 Å². The van der Waals surface area contributed by atoms with Gasteiger partial charge in [0, 0.05) is 0 Å². The molecule has 0 amide bonds. The van der Waals surface area contributed by atoms with Gasteiger partial charge in [-0.3, -0.25) is 10.3 Å². The predicted octanol–water partition coefficient (Wildman–Crippen LogP) is 5.91. The van der Waals surface area contributed by atoms with E-state index in [2.05, 4.69) is 21.5 Å². The zero-order chi connectivity index (χ0) is 20.8. The minimum absolute atomic E-state index is 0.256. The van der Waals surface area contributed by atoms with Crippen molar-refractivity contribution in [3.63, 3.8) is 0 Å². The van der Waals surface area contributed by atoms with Crippen LogP contribution in [0.3, 0.4) is 0 Å². The van der Waals surface area contributed by atoms with E-state index in [0.717, 1.165) is 48.0 Å². The Morgan fingerprint density at radius 3 is 2.63 bits per heavy atom. The summed E-state index contributed by atoms with van der Waals surface area (Å²) >= 11 is 0. The molecule has 0 unspecified atom stereocenters. The molecule has 0 radical (unpaired) electrons. The molecule has 5 rings (SSSR count). The fourth-order valence-electron chi connectivity index (χ4n) is 4.47. The number of H-pyrrole nitrogens is 1. The number of fused-ring (bicyclic) bond motifs is 1. The Kier molecular flexibility index (Phi) is 4.58. The first kappa shape index (κ1) is 19.2. The Morgan fingerprint density at radius 2 is 1.83 bits per heavy atom. The summed E-state index contributed by atoms with van der Waals surface area (Å²) in [5.74, 6) is 0.674. The lowest BCUT2D eigenvalue weighted by Crippen LogP contribution is -2.31. The molecule has 1 aromatic heterocycles. The van der Waals surface area contributed by atoms with Gasteiger partial charge in [0.1, 0.15) is 11.3 Å². The Morgan fingerprint density at radius 1 is 1.03 bits per heavy atom. The van der Waals surface area contributed by atoms with E-state index in [0.29, 0.717) is 11.4 Å². The number of rotatable bonds is 3. The van der Waals surface area contributed by atoms with Crippen molar-refractivity contribution in [3.8, 4) is 11.1 Å². The van der Waals surface area contributed by atoms with Gasteiger partial charge < -0.3 is 4.98 Å². The van der Waals surface area contributed by atoms with Crippen LogP contribution in [0.4, 0.5) is 13.2 Å². The number of hydroxylamine groups is 1. The SMILES string of the molecule is FC(F)(F)Cc1ccccc1-c1ccc2nc(C3=CC4(CCCCC4)ON3)[nH]c2c1. The van der Waals surface area contributed by atoms with Gasteiger partial charge in [-0.05, 0) is 47.7 Å². The summed E-state index contributed by atoms with van der Waals surface area (Å²) < 4.78 is 38.9. The second-order valence-corrected chi connectivity index (χ2v) is 8.15. The number of nitrogens with zero attached hydrogens (tertiary/aromatic N) is 1. The topological polar surface area (TPSA) is 49.9 Å². The highest BCUT2D eigenvalue weighted by Crippen LogP contribution is 2.38. The zero-order valence-corrected chi connectivity index (χ0v) is 16.4. The number of aromatic amines is 1. The van der Waals surface area contributed by atoms with E-state index in [1.54, 1.807) is 18.2 Å². The van der Waals surface area contributed by atoms with Gasteiger partial charge in [-0.2, -0.15) is 13.2 Å². The number of benzene rings is 2. The Balaban J connectivity index is 1.48. The van der Waals surface area contributed by atoms with E-state index in [9.17, 15) is 13.2 Å². The summed E-state index contributed by atoms with van der Waals surface area (Å²) in [7, 11) is 0. The minimum Gasteiger partial charge on any atom is -0.337 e. The molecule has 2 aromatic carbocycles. The largest absolute Gasteiger partial charge is 0.393 e. The van der Waals surface area contributed by atoms with E-state index < -0.39 is 12.6 Å². The molecule has 30 heavy (non-hydrogen) atoms. The van der Waals surface area contributed by atoms with Crippen molar-refractivity contribution in [2.24, 2.45) is 0 Å². The quantitative estimate of drug-likeness (QED) is 0.561. The number of imidazole rings is 1. The van der Waals surface area contributed by atoms with Crippen molar-refractivity contribution in [3.05, 3.63) is 59.9 Å². The molecule has 1 fully saturated rings. The molecule has 1 spiro atoms. The van der Waals surface area contributed by atoms with Crippen LogP contribution in [-0.4, -0.2) is 21.7 Å². The third kappa shape index (κ3) is 3.69. The van der Waals surface area contributed by atoms with Crippen LogP contribution in [0.2, 0.25) is 0 Å². The predicted molar refractivity (Wildman–Crippen MR) is 109 cm³/mol. The standard InChI is InChI=1S/C23H22F3N3O/c24-23(25,26)13-16-6-2-3-7-17(16)15-8-9-18-19(12-15)28-21(27-18)20-14-22(30-29-20)10-4-1-5-11-22/h2-3,6-9,12,14,29H,1,4-5,10-11,13H2,(H,27,28). The molecule has 2 aliphatic rings. The fraction of sp³-hybridized carbons (Fsp3) is 0.348. The van der Waals surface area contributed by atoms with Crippen molar-refractivity contribution in [1.82, 2.24) is 15.4 Å². The second-order valence-electron chi connectivity index (χ2n) is 8.15. The van der Waals surface area contributed by atoms with Crippen LogP contribution in [0.15, 0.2) is 48.5 Å². The second kappa shape index (κ2) is 7.16. The minimum atomic E-state index is -4.25. The molecular formula is C23H22F3N3O. The van der Waals surface area contributed by atoms with Gasteiger partial charge in [0.15, 0.2) is 5.82 Å². The highest BCUT2D eigenvalue weighted by atomic mass is 19.4. The van der Waals surface area contributed by atoms with Gasteiger partial charge in [0.05, 0.1) is 17.5 Å².